The third-order valence-electron chi connectivity index (χ3n) is 7.98. The lowest BCUT2D eigenvalue weighted by molar-refractivity contribution is -0.153. The first-order chi connectivity index (χ1) is 18.6. The number of aliphatic hydroxyl groups is 1. The molecule has 0 spiro atoms. The van der Waals surface area contributed by atoms with Crippen molar-refractivity contribution in [1.82, 2.24) is 24.4 Å². The van der Waals surface area contributed by atoms with Crippen LogP contribution < -0.4 is 0 Å². The molecule has 1 aliphatic heterocycles. The Morgan fingerprint density at radius 3 is 2.27 bits per heavy atom. The summed E-state index contributed by atoms with van der Waals surface area (Å²) in [6.07, 6.45) is -1.97. The number of hydrogen-bond donors (Lipinski definition) is 1. The summed E-state index contributed by atoms with van der Waals surface area (Å²) in [7, 11) is 0. The van der Waals surface area contributed by atoms with Crippen molar-refractivity contribution in [2.75, 3.05) is 19.6 Å². The minimum atomic E-state index is -4.43. The van der Waals surface area contributed by atoms with E-state index in [1.807, 2.05) is 27.7 Å². The van der Waals surface area contributed by atoms with Gasteiger partial charge in [-0.15, -0.1) is 0 Å². The maximum Gasteiger partial charge on any atom is 0.416 e. The van der Waals surface area contributed by atoms with Crippen molar-refractivity contribution in [3.05, 3.63) is 53.3 Å². The van der Waals surface area contributed by atoms with Crippen LogP contribution in [0.4, 0.5) is 13.2 Å². The normalized spacial score (nSPS) is 23.0. The third-order valence-corrected chi connectivity index (χ3v) is 7.98. The first kappa shape index (κ1) is 28.1. The van der Waals surface area contributed by atoms with E-state index < -0.39 is 22.9 Å². The molecule has 0 bridgehead atoms. The Labute approximate surface area is 230 Å². The maximum absolute atomic E-state index is 13.7. The SMILES string of the molecule is CC(C)c1cc(-c2ccc(C(F)(F)F)cc2)nn2cc(C(=O)N3CCN(C(=O)C4CC(C)(O)C4)CC3(C)C)nc12. The van der Waals surface area contributed by atoms with Gasteiger partial charge in [0.05, 0.1) is 28.6 Å². The van der Waals surface area contributed by atoms with Crippen LogP contribution in [0.1, 0.15) is 75.0 Å². The number of aromatic nitrogens is 3. The van der Waals surface area contributed by atoms with Crippen molar-refractivity contribution in [2.45, 2.75) is 70.7 Å². The summed E-state index contributed by atoms with van der Waals surface area (Å²) in [6.45, 7) is 10.6. The highest BCUT2D eigenvalue weighted by Crippen LogP contribution is 2.39. The van der Waals surface area contributed by atoms with Crippen LogP contribution in [0.3, 0.4) is 0 Å². The zero-order chi connectivity index (χ0) is 29.2. The molecule has 5 rings (SSSR count). The number of carbonyl (C=O) groups is 2. The van der Waals surface area contributed by atoms with Crippen LogP contribution in [-0.4, -0.2) is 72.1 Å². The summed E-state index contributed by atoms with van der Waals surface area (Å²) in [4.78, 5) is 34.8. The lowest BCUT2D eigenvalue weighted by Gasteiger charge is -2.49. The summed E-state index contributed by atoms with van der Waals surface area (Å²) in [6, 6.07) is 6.63. The number of benzene rings is 1. The van der Waals surface area contributed by atoms with Crippen LogP contribution in [-0.2, 0) is 11.0 Å². The summed E-state index contributed by atoms with van der Waals surface area (Å²) in [5.74, 6) is -0.436. The molecule has 3 heterocycles. The minimum Gasteiger partial charge on any atom is -0.390 e. The molecule has 2 fully saturated rings. The van der Waals surface area contributed by atoms with Gasteiger partial charge in [0.15, 0.2) is 5.65 Å². The Morgan fingerprint density at radius 2 is 1.73 bits per heavy atom. The number of rotatable bonds is 4. The highest BCUT2D eigenvalue weighted by molar-refractivity contribution is 5.94. The van der Waals surface area contributed by atoms with Crippen LogP contribution in [0.2, 0.25) is 0 Å². The zero-order valence-electron chi connectivity index (χ0n) is 23.3. The van der Waals surface area contributed by atoms with Crippen molar-refractivity contribution >= 4 is 17.5 Å². The molecule has 2 aromatic heterocycles. The van der Waals surface area contributed by atoms with Gasteiger partial charge in [-0.05, 0) is 57.7 Å². The fourth-order valence-electron chi connectivity index (χ4n) is 5.79. The average molecular weight is 558 g/mol. The summed E-state index contributed by atoms with van der Waals surface area (Å²) in [5, 5.41) is 14.6. The molecule has 2 amide bonds. The van der Waals surface area contributed by atoms with E-state index in [2.05, 4.69) is 10.1 Å². The quantitative estimate of drug-likeness (QED) is 0.500. The number of nitrogens with zero attached hydrogens (tertiary/aromatic N) is 5. The van der Waals surface area contributed by atoms with Crippen LogP contribution in [0, 0.1) is 5.92 Å². The van der Waals surface area contributed by atoms with E-state index in [0.29, 0.717) is 49.4 Å². The molecule has 3 aromatic rings. The number of hydrogen-bond acceptors (Lipinski definition) is 5. The molecule has 1 N–H and O–H groups in total. The molecule has 1 saturated heterocycles. The maximum atomic E-state index is 13.7. The van der Waals surface area contributed by atoms with Gasteiger partial charge in [0.25, 0.3) is 5.91 Å². The lowest BCUT2D eigenvalue weighted by Crippen LogP contribution is -2.63. The number of imidazole rings is 1. The Balaban J connectivity index is 1.40. The highest BCUT2D eigenvalue weighted by Gasteiger charge is 2.47. The van der Waals surface area contributed by atoms with Crippen molar-refractivity contribution in [1.29, 1.82) is 0 Å². The van der Waals surface area contributed by atoms with Gasteiger partial charge in [-0.25, -0.2) is 9.50 Å². The van der Waals surface area contributed by atoms with Gasteiger partial charge in [0.1, 0.15) is 5.69 Å². The summed E-state index contributed by atoms with van der Waals surface area (Å²) in [5.41, 5.74) is 0.367. The van der Waals surface area contributed by atoms with Gasteiger partial charge in [0.2, 0.25) is 5.91 Å². The third kappa shape index (κ3) is 5.18. The molecule has 8 nitrogen and oxygen atoms in total. The van der Waals surface area contributed by atoms with E-state index in [4.69, 9.17) is 0 Å². The monoisotopic (exact) mass is 557 g/mol. The predicted molar refractivity (Wildman–Crippen MR) is 143 cm³/mol. The molecule has 0 radical (unpaired) electrons. The Morgan fingerprint density at radius 1 is 1.07 bits per heavy atom. The molecule has 1 aliphatic carbocycles. The van der Waals surface area contributed by atoms with Crippen molar-refractivity contribution < 1.29 is 27.9 Å². The largest absolute Gasteiger partial charge is 0.416 e. The lowest BCUT2D eigenvalue weighted by atomic mass is 9.71. The van der Waals surface area contributed by atoms with Crippen LogP contribution in [0.15, 0.2) is 36.5 Å². The second-order valence-corrected chi connectivity index (χ2v) is 12.2. The van der Waals surface area contributed by atoms with Gasteiger partial charge < -0.3 is 14.9 Å². The topological polar surface area (TPSA) is 91.0 Å². The van der Waals surface area contributed by atoms with Crippen LogP contribution in [0.5, 0.6) is 0 Å². The molecule has 1 saturated carbocycles. The highest BCUT2D eigenvalue weighted by atomic mass is 19.4. The van der Waals surface area contributed by atoms with E-state index in [1.165, 1.54) is 16.6 Å². The number of alkyl halides is 3. The van der Waals surface area contributed by atoms with E-state index in [1.54, 1.807) is 29.0 Å². The predicted octanol–water partition coefficient (Wildman–Crippen LogP) is 4.76. The number of fused-ring (bicyclic) bond motifs is 1. The van der Waals surface area contributed by atoms with Gasteiger partial charge >= 0.3 is 6.18 Å². The fourth-order valence-corrected chi connectivity index (χ4v) is 5.79. The number of carbonyl (C=O) groups excluding carboxylic acids is 2. The van der Waals surface area contributed by atoms with E-state index in [-0.39, 0.29) is 29.3 Å². The average Bonchev–Trinajstić information content (AvgIpc) is 3.29. The molecule has 0 unspecified atom stereocenters. The number of halogens is 3. The van der Waals surface area contributed by atoms with E-state index in [0.717, 1.165) is 17.7 Å². The Bertz CT molecular complexity index is 1450. The van der Waals surface area contributed by atoms with Gasteiger partial charge in [-0.1, -0.05) is 26.0 Å². The summed E-state index contributed by atoms with van der Waals surface area (Å²) >= 11 is 0. The number of amides is 2. The fraction of sp³-hybridized carbons (Fsp3) is 0.517. The first-order valence-corrected chi connectivity index (χ1v) is 13.5. The van der Waals surface area contributed by atoms with Gasteiger partial charge in [-0.3, -0.25) is 9.59 Å². The van der Waals surface area contributed by atoms with Crippen molar-refractivity contribution in [3.8, 4) is 11.3 Å². The molecule has 1 aromatic carbocycles. The van der Waals surface area contributed by atoms with Gasteiger partial charge in [-0.2, -0.15) is 18.3 Å². The minimum absolute atomic E-state index is 0.0148. The molecule has 0 atom stereocenters. The molecule has 214 valence electrons. The van der Waals surface area contributed by atoms with Crippen LogP contribution >= 0.6 is 0 Å². The molecular formula is C29H34F3N5O3. The zero-order valence-corrected chi connectivity index (χ0v) is 23.3. The van der Waals surface area contributed by atoms with Crippen LogP contribution in [0.25, 0.3) is 16.9 Å². The molecule has 2 aliphatic rings. The molecule has 40 heavy (non-hydrogen) atoms. The Hall–Kier alpha value is -3.47. The molecule has 11 heteroatoms. The number of piperazine rings is 1. The van der Waals surface area contributed by atoms with Crippen molar-refractivity contribution in [2.24, 2.45) is 5.92 Å². The van der Waals surface area contributed by atoms with E-state index >= 15 is 0 Å². The smallest absolute Gasteiger partial charge is 0.390 e. The van der Waals surface area contributed by atoms with Gasteiger partial charge in [0, 0.05) is 36.7 Å². The summed E-state index contributed by atoms with van der Waals surface area (Å²) < 4.78 is 40.6. The first-order valence-electron chi connectivity index (χ1n) is 13.5. The standard InChI is InChI=1S/C29H34F3N5O3/c1-17(2)21-12-22(18-6-8-20(9-7-18)29(30,31)32)34-37-15-23(33-24(21)37)26(39)36-11-10-35(16-27(36,3)4)25(38)19-13-28(5,40)14-19/h6-9,12,15,17,19,40H,10-11,13-14,16H2,1-5H3. The van der Waals surface area contributed by atoms with E-state index in [9.17, 15) is 27.9 Å². The second-order valence-electron chi connectivity index (χ2n) is 12.2. The molecular weight excluding hydrogens is 523 g/mol. The Kier molecular flexibility index (Phi) is 6.72. The van der Waals surface area contributed by atoms with Crippen molar-refractivity contribution in [3.63, 3.8) is 0 Å². The second kappa shape index (κ2) is 9.57.